The Morgan fingerprint density at radius 1 is 1.29 bits per heavy atom. The molecule has 1 aromatic rings. The summed E-state index contributed by atoms with van der Waals surface area (Å²) in [4.78, 5) is 40.0. The van der Waals surface area contributed by atoms with Crippen molar-refractivity contribution in [3.8, 4) is 5.75 Å². The molecule has 0 bridgehead atoms. The van der Waals surface area contributed by atoms with Gasteiger partial charge < -0.3 is 25.4 Å². The topological polar surface area (TPSA) is 113 Å². The number of benzene rings is 1. The largest absolute Gasteiger partial charge is 0.492 e. The summed E-state index contributed by atoms with van der Waals surface area (Å²) in [7, 11) is 1.35. The van der Waals surface area contributed by atoms with E-state index in [4.69, 9.17) is 10.5 Å². The van der Waals surface area contributed by atoms with Crippen molar-refractivity contribution in [1.82, 2.24) is 0 Å². The highest BCUT2D eigenvalue weighted by molar-refractivity contribution is 6.51. The van der Waals surface area contributed by atoms with Gasteiger partial charge in [-0.15, -0.1) is 0 Å². The number of Topliss-reactive ketones (excluding diaryl/α,β-unsaturated/α-hetero) is 2. The van der Waals surface area contributed by atoms with E-state index in [-0.39, 0.29) is 40.7 Å². The number of ketones is 2. The van der Waals surface area contributed by atoms with Gasteiger partial charge in [0.25, 0.3) is 0 Å². The number of carboxylic acids is 1. The lowest BCUT2D eigenvalue weighted by Crippen LogP contribution is -2.54. The highest BCUT2D eigenvalue weighted by Crippen LogP contribution is 2.49. The van der Waals surface area contributed by atoms with Crippen LogP contribution in [-0.2, 0) is 9.59 Å². The fourth-order valence-electron chi connectivity index (χ4n) is 4.19. The zero-order valence-corrected chi connectivity index (χ0v) is 15.6. The van der Waals surface area contributed by atoms with Crippen molar-refractivity contribution in [1.29, 1.82) is 0 Å². The molecule has 4 rings (SSSR count). The van der Waals surface area contributed by atoms with Crippen molar-refractivity contribution in [3.05, 3.63) is 17.4 Å². The number of aliphatic carboxylic acids is 1. The monoisotopic (exact) mass is 391 g/mol. The van der Waals surface area contributed by atoms with Crippen molar-refractivity contribution >= 4 is 28.9 Å². The van der Waals surface area contributed by atoms with Crippen LogP contribution >= 0.6 is 0 Å². The van der Waals surface area contributed by atoms with Crippen LogP contribution in [0, 0.1) is 11.7 Å². The van der Waals surface area contributed by atoms with E-state index in [1.165, 1.54) is 12.0 Å². The minimum absolute atomic E-state index is 0.0790. The van der Waals surface area contributed by atoms with Crippen LogP contribution in [0.2, 0.25) is 0 Å². The minimum atomic E-state index is -1.63. The van der Waals surface area contributed by atoms with Crippen LogP contribution in [0.25, 0.3) is 0 Å². The Balaban J connectivity index is 1.94. The SMILES string of the molecule is COc1c(N2C[C@H](C)[C@@H](N)C2)c(F)cc2c1N(C1CC1)C(C(=O)O)C(=O)C2=O. The fourth-order valence-corrected chi connectivity index (χ4v) is 4.19. The molecule has 3 atom stereocenters. The van der Waals surface area contributed by atoms with Gasteiger partial charge in [0.15, 0.2) is 17.6 Å². The number of ether oxygens (including phenoxy) is 1. The van der Waals surface area contributed by atoms with Crippen molar-refractivity contribution < 1.29 is 28.6 Å². The van der Waals surface area contributed by atoms with Gasteiger partial charge in [0.1, 0.15) is 5.69 Å². The van der Waals surface area contributed by atoms with Gasteiger partial charge in [-0.3, -0.25) is 9.59 Å². The Hall–Kier alpha value is -2.68. The van der Waals surface area contributed by atoms with E-state index < -0.39 is 29.4 Å². The first-order valence-electron chi connectivity index (χ1n) is 9.27. The Morgan fingerprint density at radius 2 is 1.96 bits per heavy atom. The maximum Gasteiger partial charge on any atom is 0.334 e. The molecule has 0 amide bonds. The smallest absolute Gasteiger partial charge is 0.334 e. The molecule has 1 saturated carbocycles. The second kappa shape index (κ2) is 6.44. The first-order valence-corrected chi connectivity index (χ1v) is 9.27. The summed E-state index contributed by atoms with van der Waals surface area (Å²) in [6.07, 6.45) is 1.37. The number of halogens is 1. The predicted octanol–water partition coefficient (Wildman–Crippen LogP) is 0.805. The first-order chi connectivity index (χ1) is 13.3. The van der Waals surface area contributed by atoms with Crippen LogP contribution < -0.4 is 20.3 Å². The molecule has 1 unspecified atom stereocenters. The fraction of sp³-hybridized carbons (Fsp3) is 0.526. The van der Waals surface area contributed by atoms with E-state index in [1.54, 1.807) is 4.90 Å². The van der Waals surface area contributed by atoms with E-state index in [0.717, 1.165) is 6.07 Å². The molecule has 3 N–H and O–H groups in total. The third-order valence-electron chi connectivity index (χ3n) is 5.80. The molecule has 0 radical (unpaired) electrons. The van der Waals surface area contributed by atoms with Crippen molar-refractivity contribution in [3.63, 3.8) is 0 Å². The molecule has 150 valence electrons. The van der Waals surface area contributed by atoms with Crippen LogP contribution in [0.5, 0.6) is 5.75 Å². The number of nitrogens with zero attached hydrogens (tertiary/aromatic N) is 2. The molecule has 0 spiro atoms. The lowest BCUT2D eigenvalue weighted by molar-refractivity contribution is -0.141. The van der Waals surface area contributed by atoms with Crippen molar-refractivity contribution in [2.24, 2.45) is 11.7 Å². The minimum Gasteiger partial charge on any atom is -0.492 e. The lowest BCUT2D eigenvalue weighted by atomic mass is 9.91. The number of carbonyl (C=O) groups excluding carboxylic acids is 2. The van der Waals surface area contributed by atoms with Gasteiger partial charge in [0.05, 0.1) is 18.4 Å². The molecule has 1 aliphatic carbocycles. The molecule has 2 aliphatic heterocycles. The van der Waals surface area contributed by atoms with E-state index in [9.17, 15) is 19.5 Å². The maximum atomic E-state index is 15.1. The van der Waals surface area contributed by atoms with Crippen LogP contribution in [-0.4, -0.2) is 61.0 Å². The zero-order valence-electron chi connectivity index (χ0n) is 15.6. The summed E-state index contributed by atoms with van der Waals surface area (Å²) in [5.41, 5.74) is 6.27. The van der Waals surface area contributed by atoms with Gasteiger partial charge in [-0.2, -0.15) is 0 Å². The number of rotatable bonds is 4. The van der Waals surface area contributed by atoms with Gasteiger partial charge in [-0.1, -0.05) is 6.92 Å². The first kappa shape index (κ1) is 18.7. The predicted molar refractivity (Wildman–Crippen MR) is 98.6 cm³/mol. The Labute approximate surface area is 161 Å². The molecule has 0 aromatic heterocycles. The number of methoxy groups -OCH3 is 1. The Morgan fingerprint density at radius 3 is 2.46 bits per heavy atom. The Kier molecular flexibility index (Phi) is 4.29. The summed E-state index contributed by atoms with van der Waals surface area (Å²) in [6.45, 7) is 2.88. The number of nitrogens with two attached hydrogens (primary N) is 1. The van der Waals surface area contributed by atoms with Gasteiger partial charge in [0.2, 0.25) is 11.6 Å². The second-order valence-electron chi connectivity index (χ2n) is 7.76. The van der Waals surface area contributed by atoms with Gasteiger partial charge in [0, 0.05) is 25.2 Å². The van der Waals surface area contributed by atoms with Crippen LogP contribution in [0.3, 0.4) is 0 Å². The lowest BCUT2D eigenvalue weighted by Gasteiger charge is -2.37. The van der Waals surface area contributed by atoms with Crippen LogP contribution in [0.4, 0.5) is 15.8 Å². The molecular formula is C19H22FN3O5. The molecule has 1 saturated heterocycles. The molecule has 3 aliphatic rings. The number of anilines is 2. The standard InChI is InChI=1S/C19H22FN3O5/c1-8-6-22(7-12(8)21)14-11(20)5-10-13(18(14)28-2)23(9-3-4-9)15(19(26)27)17(25)16(10)24/h5,8-9,12,15H,3-4,6-7,21H2,1-2H3,(H,26,27)/t8-,12-,15?/m0/s1. The van der Waals surface area contributed by atoms with Crippen molar-refractivity contribution in [2.75, 3.05) is 30.0 Å². The number of fused-ring (bicyclic) bond motifs is 1. The second-order valence-corrected chi connectivity index (χ2v) is 7.76. The summed E-state index contributed by atoms with van der Waals surface area (Å²) in [6, 6.07) is -0.951. The van der Waals surface area contributed by atoms with Gasteiger partial charge >= 0.3 is 5.97 Å². The van der Waals surface area contributed by atoms with E-state index in [1.807, 2.05) is 6.92 Å². The summed E-state index contributed by atoms with van der Waals surface area (Å²) < 4.78 is 20.6. The average molecular weight is 391 g/mol. The number of carbonyl (C=O) groups is 3. The van der Waals surface area contributed by atoms with Crippen LogP contribution in [0.15, 0.2) is 6.07 Å². The highest BCUT2D eigenvalue weighted by Gasteiger charge is 2.51. The van der Waals surface area contributed by atoms with E-state index >= 15 is 4.39 Å². The van der Waals surface area contributed by atoms with Gasteiger partial charge in [-0.05, 0) is 24.8 Å². The number of carboxylic acid groups (broad SMARTS) is 1. The van der Waals surface area contributed by atoms with Gasteiger partial charge in [-0.25, -0.2) is 9.18 Å². The molecule has 2 heterocycles. The number of hydrogen-bond donors (Lipinski definition) is 2. The average Bonchev–Trinajstić information content (AvgIpc) is 3.42. The quantitative estimate of drug-likeness (QED) is 0.573. The normalized spacial score (nSPS) is 27.2. The molecule has 1 aromatic carbocycles. The van der Waals surface area contributed by atoms with Crippen molar-refractivity contribution in [2.45, 2.75) is 37.9 Å². The summed E-state index contributed by atoms with van der Waals surface area (Å²) in [5.74, 6) is -3.94. The maximum absolute atomic E-state index is 15.1. The molecule has 2 fully saturated rings. The molecule has 8 nitrogen and oxygen atoms in total. The summed E-state index contributed by atoms with van der Waals surface area (Å²) in [5, 5.41) is 9.61. The molecule has 9 heteroatoms. The third-order valence-corrected chi connectivity index (χ3v) is 5.80. The molecular weight excluding hydrogens is 369 g/mol. The molecule has 28 heavy (non-hydrogen) atoms. The third kappa shape index (κ3) is 2.64. The van der Waals surface area contributed by atoms with E-state index in [2.05, 4.69) is 0 Å². The Bertz CT molecular complexity index is 875. The van der Waals surface area contributed by atoms with E-state index in [0.29, 0.717) is 25.9 Å². The zero-order chi connectivity index (χ0) is 20.3. The number of hydrogen-bond acceptors (Lipinski definition) is 7. The van der Waals surface area contributed by atoms with Crippen LogP contribution in [0.1, 0.15) is 30.1 Å². The highest BCUT2D eigenvalue weighted by atomic mass is 19.1. The summed E-state index contributed by atoms with van der Waals surface area (Å²) >= 11 is 0.